The fourth-order valence-corrected chi connectivity index (χ4v) is 4.26. The number of carbonyl (C=O) groups is 2. The number of hydrogen-bond acceptors (Lipinski definition) is 4. The molecule has 2 aliphatic rings. The Morgan fingerprint density at radius 1 is 1.33 bits per heavy atom. The SMILES string of the molecule is O=C(O)CN(CC1CC1)C1CC(NC(=O)CCc2ccc(Cl)s2)C1. The Morgan fingerprint density at radius 2 is 2.08 bits per heavy atom. The number of aliphatic carboxylic acids is 1. The molecule has 1 heterocycles. The molecule has 0 aliphatic heterocycles. The van der Waals surface area contributed by atoms with Crippen molar-refractivity contribution >= 4 is 34.8 Å². The molecule has 24 heavy (non-hydrogen) atoms. The molecular formula is C17H23ClN2O3S. The van der Waals surface area contributed by atoms with Crippen LogP contribution in [0, 0.1) is 5.92 Å². The van der Waals surface area contributed by atoms with Crippen molar-refractivity contribution in [3.05, 3.63) is 21.3 Å². The van der Waals surface area contributed by atoms with Crippen LogP contribution < -0.4 is 5.32 Å². The van der Waals surface area contributed by atoms with Crippen LogP contribution in [0.5, 0.6) is 0 Å². The van der Waals surface area contributed by atoms with Gasteiger partial charge in [0.1, 0.15) is 0 Å². The fraction of sp³-hybridized carbons (Fsp3) is 0.647. The van der Waals surface area contributed by atoms with Crippen LogP contribution >= 0.6 is 22.9 Å². The Hall–Kier alpha value is -1.11. The van der Waals surface area contributed by atoms with E-state index < -0.39 is 5.97 Å². The number of rotatable bonds is 9. The lowest BCUT2D eigenvalue weighted by molar-refractivity contribution is -0.140. The van der Waals surface area contributed by atoms with Gasteiger partial charge in [-0.05, 0) is 50.2 Å². The molecule has 2 aliphatic carbocycles. The maximum absolute atomic E-state index is 12.0. The second-order valence-corrected chi connectivity index (χ2v) is 8.66. The van der Waals surface area contributed by atoms with E-state index in [0.29, 0.717) is 24.8 Å². The van der Waals surface area contributed by atoms with Crippen LogP contribution in [0.2, 0.25) is 4.34 Å². The summed E-state index contributed by atoms with van der Waals surface area (Å²) in [4.78, 5) is 26.2. The topological polar surface area (TPSA) is 69.6 Å². The molecule has 2 saturated carbocycles. The molecule has 0 bridgehead atoms. The molecule has 0 unspecified atom stereocenters. The molecule has 0 radical (unpaired) electrons. The summed E-state index contributed by atoms with van der Waals surface area (Å²) >= 11 is 7.40. The zero-order valence-corrected chi connectivity index (χ0v) is 15.1. The van der Waals surface area contributed by atoms with Crippen molar-refractivity contribution in [3.63, 3.8) is 0 Å². The molecule has 1 aromatic heterocycles. The summed E-state index contributed by atoms with van der Waals surface area (Å²) < 4.78 is 0.751. The van der Waals surface area contributed by atoms with Crippen LogP contribution in [0.15, 0.2) is 12.1 Å². The van der Waals surface area contributed by atoms with Gasteiger partial charge in [-0.1, -0.05) is 11.6 Å². The highest BCUT2D eigenvalue weighted by Crippen LogP contribution is 2.33. The molecule has 1 aromatic rings. The zero-order valence-electron chi connectivity index (χ0n) is 13.5. The number of thiophene rings is 1. The van der Waals surface area contributed by atoms with Crippen molar-refractivity contribution < 1.29 is 14.7 Å². The van der Waals surface area contributed by atoms with E-state index >= 15 is 0 Å². The molecule has 2 fully saturated rings. The van der Waals surface area contributed by atoms with Crippen molar-refractivity contribution in [1.29, 1.82) is 0 Å². The first-order valence-electron chi connectivity index (χ1n) is 8.49. The first-order valence-corrected chi connectivity index (χ1v) is 9.68. The molecule has 0 atom stereocenters. The highest BCUT2D eigenvalue weighted by Gasteiger charge is 2.37. The van der Waals surface area contributed by atoms with Crippen LogP contribution in [-0.2, 0) is 16.0 Å². The molecule has 132 valence electrons. The number of hydrogen-bond donors (Lipinski definition) is 2. The third kappa shape index (κ3) is 5.19. The Morgan fingerprint density at radius 3 is 2.67 bits per heavy atom. The molecule has 0 aromatic carbocycles. The number of aryl methyl sites for hydroxylation is 1. The molecule has 7 heteroatoms. The number of carboxylic acids is 1. The summed E-state index contributed by atoms with van der Waals surface area (Å²) in [6, 6.07) is 4.29. The van der Waals surface area contributed by atoms with Gasteiger partial charge in [0.15, 0.2) is 0 Å². The number of carboxylic acid groups (broad SMARTS) is 1. The third-order valence-electron chi connectivity index (χ3n) is 4.75. The first kappa shape index (κ1) is 17.7. The Bertz CT molecular complexity index is 596. The van der Waals surface area contributed by atoms with E-state index in [9.17, 15) is 9.59 Å². The smallest absolute Gasteiger partial charge is 0.317 e. The second kappa shape index (κ2) is 7.85. The maximum Gasteiger partial charge on any atom is 0.317 e. The van der Waals surface area contributed by atoms with Gasteiger partial charge in [-0.2, -0.15) is 0 Å². The predicted molar refractivity (Wildman–Crippen MR) is 94.5 cm³/mol. The minimum absolute atomic E-state index is 0.0648. The van der Waals surface area contributed by atoms with Crippen LogP contribution in [0.4, 0.5) is 0 Å². The summed E-state index contributed by atoms with van der Waals surface area (Å²) in [6.07, 6.45) is 5.34. The van der Waals surface area contributed by atoms with Crippen molar-refractivity contribution in [3.8, 4) is 0 Å². The number of halogens is 1. The van der Waals surface area contributed by atoms with E-state index in [-0.39, 0.29) is 18.5 Å². The summed E-state index contributed by atoms with van der Waals surface area (Å²) in [6.45, 7) is 0.998. The summed E-state index contributed by atoms with van der Waals surface area (Å²) in [5.74, 6) is -0.0247. The van der Waals surface area contributed by atoms with Gasteiger partial charge in [0.05, 0.1) is 10.9 Å². The van der Waals surface area contributed by atoms with Crippen molar-refractivity contribution in [2.24, 2.45) is 5.92 Å². The van der Waals surface area contributed by atoms with Crippen molar-refractivity contribution in [2.45, 2.75) is 50.6 Å². The quantitative estimate of drug-likeness (QED) is 0.701. The molecule has 3 rings (SSSR count). The van der Waals surface area contributed by atoms with Crippen LogP contribution in [0.1, 0.15) is 37.0 Å². The van der Waals surface area contributed by atoms with E-state index in [1.807, 2.05) is 12.1 Å². The molecular weight excluding hydrogens is 348 g/mol. The van der Waals surface area contributed by atoms with E-state index in [1.165, 1.54) is 24.2 Å². The molecule has 2 N–H and O–H groups in total. The standard InChI is InChI=1S/C17H23ClN2O3S/c18-15-5-3-14(24-15)4-6-16(21)19-12-7-13(8-12)20(10-17(22)23)9-11-1-2-11/h3,5,11-13H,1-2,4,6-10H2,(H,19,21)(H,22,23). The van der Waals surface area contributed by atoms with Gasteiger partial charge < -0.3 is 10.4 Å². The van der Waals surface area contributed by atoms with Gasteiger partial charge in [0, 0.05) is 29.9 Å². The number of carbonyl (C=O) groups excluding carboxylic acids is 1. The minimum atomic E-state index is -0.766. The highest BCUT2D eigenvalue weighted by atomic mass is 35.5. The van der Waals surface area contributed by atoms with E-state index in [0.717, 1.165) is 28.6 Å². The number of amides is 1. The van der Waals surface area contributed by atoms with Gasteiger partial charge >= 0.3 is 5.97 Å². The fourth-order valence-electron chi connectivity index (χ4n) is 3.18. The summed E-state index contributed by atoms with van der Waals surface area (Å²) in [7, 11) is 0. The average Bonchev–Trinajstić information content (AvgIpc) is 3.19. The maximum atomic E-state index is 12.0. The number of nitrogens with zero attached hydrogens (tertiary/aromatic N) is 1. The van der Waals surface area contributed by atoms with Crippen LogP contribution in [-0.4, -0.2) is 47.1 Å². The lowest BCUT2D eigenvalue weighted by Gasteiger charge is -2.42. The number of nitrogens with one attached hydrogen (secondary N) is 1. The van der Waals surface area contributed by atoms with Crippen molar-refractivity contribution in [2.75, 3.05) is 13.1 Å². The molecule has 0 saturated heterocycles. The van der Waals surface area contributed by atoms with Gasteiger partial charge in [0.25, 0.3) is 0 Å². The van der Waals surface area contributed by atoms with Gasteiger partial charge in [0.2, 0.25) is 5.91 Å². The summed E-state index contributed by atoms with van der Waals surface area (Å²) in [5.41, 5.74) is 0. The van der Waals surface area contributed by atoms with E-state index in [1.54, 1.807) is 0 Å². The van der Waals surface area contributed by atoms with Gasteiger partial charge in [-0.15, -0.1) is 11.3 Å². The van der Waals surface area contributed by atoms with Crippen LogP contribution in [0.25, 0.3) is 0 Å². The first-order chi connectivity index (χ1) is 11.5. The monoisotopic (exact) mass is 370 g/mol. The van der Waals surface area contributed by atoms with Gasteiger partial charge in [-0.3, -0.25) is 14.5 Å². The Balaban J connectivity index is 1.37. The van der Waals surface area contributed by atoms with Crippen molar-refractivity contribution in [1.82, 2.24) is 10.2 Å². The predicted octanol–water partition coefficient (Wildman–Crippen LogP) is 2.78. The Labute approximate surface area is 151 Å². The zero-order chi connectivity index (χ0) is 17.1. The van der Waals surface area contributed by atoms with E-state index in [2.05, 4.69) is 10.2 Å². The highest BCUT2D eigenvalue weighted by molar-refractivity contribution is 7.16. The van der Waals surface area contributed by atoms with Crippen LogP contribution in [0.3, 0.4) is 0 Å². The molecule has 1 amide bonds. The molecule has 0 spiro atoms. The normalized spacial score (nSPS) is 23.1. The minimum Gasteiger partial charge on any atom is -0.480 e. The summed E-state index contributed by atoms with van der Waals surface area (Å²) in [5, 5.41) is 12.1. The lowest BCUT2D eigenvalue weighted by Crippen LogP contribution is -2.55. The van der Waals surface area contributed by atoms with E-state index in [4.69, 9.17) is 16.7 Å². The average molecular weight is 371 g/mol. The second-order valence-electron chi connectivity index (χ2n) is 6.86. The Kier molecular flexibility index (Phi) is 5.79. The largest absolute Gasteiger partial charge is 0.480 e. The lowest BCUT2D eigenvalue weighted by atomic mass is 9.85. The third-order valence-corrected chi connectivity index (χ3v) is 6.04. The van der Waals surface area contributed by atoms with Gasteiger partial charge in [-0.25, -0.2) is 0 Å². The molecule has 5 nitrogen and oxygen atoms in total.